The number of halogens is 1. The molecule has 1 saturated heterocycles. The topological polar surface area (TPSA) is 23.5 Å². The lowest BCUT2D eigenvalue weighted by Gasteiger charge is -2.33. The summed E-state index contributed by atoms with van der Waals surface area (Å²) in [6, 6.07) is 6.97. The summed E-state index contributed by atoms with van der Waals surface area (Å²) in [7, 11) is 0. The van der Waals surface area contributed by atoms with Crippen molar-refractivity contribution in [2.24, 2.45) is 5.92 Å². The van der Waals surface area contributed by atoms with E-state index in [-0.39, 0.29) is 0 Å². The van der Waals surface area contributed by atoms with Gasteiger partial charge in [-0.1, -0.05) is 34.8 Å². The molecule has 3 heteroatoms. The van der Waals surface area contributed by atoms with Gasteiger partial charge in [-0.05, 0) is 50.7 Å². The average Bonchev–Trinajstić information content (AvgIpc) is 3.09. The molecule has 2 unspecified atom stereocenters. The van der Waals surface area contributed by atoms with Crippen LogP contribution in [0.5, 0.6) is 0 Å². The summed E-state index contributed by atoms with van der Waals surface area (Å²) >= 11 is 3.59. The molecule has 0 amide bonds. The van der Waals surface area contributed by atoms with Crippen molar-refractivity contribution in [1.29, 1.82) is 0 Å². The smallest absolute Gasteiger partial charge is 0.0782 e. The molecule has 2 fully saturated rings. The lowest BCUT2D eigenvalue weighted by Crippen LogP contribution is -2.35. The van der Waals surface area contributed by atoms with Crippen LogP contribution in [0.4, 0.5) is 5.69 Å². The average molecular weight is 338 g/mol. The maximum atomic E-state index is 10.1. The van der Waals surface area contributed by atoms with Crippen LogP contribution in [-0.2, 0) is 0 Å². The van der Waals surface area contributed by atoms with Crippen molar-refractivity contribution in [1.82, 2.24) is 0 Å². The maximum Gasteiger partial charge on any atom is 0.0782 e. The summed E-state index contributed by atoms with van der Waals surface area (Å²) < 4.78 is 1.11. The standard InChI is InChI=1S/C17H24BrNO/c1-12(20)15-9-8-14(18)11-17(15)19-10-4-7-16(19)13-5-2-3-6-13/h8-9,11-13,16,20H,2-7,10H2,1H3. The lowest BCUT2D eigenvalue weighted by molar-refractivity contribution is 0.199. The molecule has 0 spiro atoms. The van der Waals surface area contributed by atoms with Gasteiger partial charge >= 0.3 is 0 Å². The Morgan fingerprint density at radius 3 is 2.65 bits per heavy atom. The molecule has 3 rings (SSSR count). The van der Waals surface area contributed by atoms with Crippen LogP contribution in [0.25, 0.3) is 0 Å². The molecule has 20 heavy (non-hydrogen) atoms. The summed E-state index contributed by atoms with van der Waals surface area (Å²) in [6.07, 6.45) is 7.78. The van der Waals surface area contributed by atoms with Gasteiger partial charge in [0.1, 0.15) is 0 Å². The minimum Gasteiger partial charge on any atom is -0.389 e. The van der Waals surface area contributed by atoms with Gasteiger partial charge in [0.05, 0.1) is 6.10 Å². The fraction of sp³-hybridized carbons (Fsp3) is 0.647. The normalized spacial score (nSPS) is 25.4. The molecule has 0 radical (unpaired) electrons. The zero-order chi connectivity index (χ0) is 14.1. The Balaban J connectivity index is 1.92. The van der Waals surface area contributed by atoms with E-state index in [4.69, 9.17) is 0 Å². The van der Waals surface area contributed by atoms with Crippen LogP contribution < -0.4 is 4.90 Å². The van der Waals surface area contributed by atoms with Crippen molar-refractivity contribution in [3.05, 3.63) is 28.2 Å². The molecule has 1 aliphatic heterocycles. The first-order valence-electron chi connectivity index (χ1n) is 7.91. The van der Waals surface area contributed by atoms with Crippen LogP contribution in [0, 0.1) is 5.92 Å². The second kappa shape index (κ2) is 6.07. The molecule has 1 saturated carbocycles. The van der Waals surface area contributed by atoms with Gasteiger partial charge in [0.25, 0.3) is 0 Å². The summed E-state index contributed by atoms with van der Waals surface area (Å²) in [5.74, 6) is 0.860. The van der Waals surface area contributed by atoms with E-state index in [9.17, 15) is 5.11 Å². The van der Waals surface area contributed by atoms with Gasteiger partial charge in [-0.15, -0.1) is 0 Å². The van der Waals surface area contributed by atoms with E-state index in [1.54, 1.807) is 0 Å². The Hall–Kier alpha value is -0.540. The van der Waals surface area contributed by atoms with E-state index in [2.05, 4.69) is 33.0 Å². The van der Waals surface area contributed by atoms with E-state index in [0.29, 0.717) is 6.04 Å². The molecule has 0 bridgehead atoms. The van der Waals surface area contributed by atoms with Gasteiger partial charge in [0, 0.05) is 28.3 Å². The highest BCUT2D eigenvalue weighted by molar-refractivity contribution is 9.10. The molecule has 1 aromatic carbocycles. The lowest BCUT2D eigenvalue weighted by atomic mass is 9.95. The largest absolute Gasteiger partial charge is 0.389 e. The highest BCUT2D eigenvalue weighted by Crippen LogP contribution is 2.40. The van der Waals surface area contributed by atoms with Crippen LogP contribution in [0.2, 0.25) is 0 Å². The summed E-state index contributed by atoms with van der Waals surface area (Å²) in [4.78, 5) is 2.57. The van der Waals surface area contributed by atoms with Gasteiger partial charge < -0.3 is 10.0 Å². The van der Waals surface area contributed by atoms with Crippen molar-refractivity contribution in [2.45, 2.75) is 57.6 Å². The summed E-state index contributed by atoms with van der Waals surface area (Å²) in [5.41, 5.74) is 2.31. The van der Waals surface area contributed by atoms with Gasteiger partial charge in [-0.2, -0.15) is 0 Å². The third-order valence-electron chi connectivity index (χ3n) is 5.00. The third kappa shape index (κ3) is 2.75. The highest BCUT2D eigenvalue weighted by Gasteiger charge is 2.34. The van der Waals surface area contributed by atoms with Crippen LogP contribution in [0.3, 0.4) is 0 Å². The SMILES string of the molecule is CC(O)c1ccc(Br)cc1N1CCCC1C1CCCC1. The number of hydrogen-bond donors (Lipinski definition) is 1. The van der Waals surface area contributed by atoms with Crippen molar-refractivity contribution < 1.29 is 5.11 Å². The molecule has 1 aromatic rings. The van der Waals surface area contributed by atoms with Crippen LogP contribution in [-0.4, -0.2) is 17.7 Å². The summed E-state index contributed by atoms with van der Waals surface area (Å²) in [6.45, 7) is 3.00. The van der Waals surface area contributed by atoms with Crippen molar-refractivity contribution in [2.75, 3.05) is 11.4 Å². The fourth-order valence-electron chi connectivity index (χ4n) is 4.04. The number of nitrogens with zero attached hydrogens (tertiary/aromatic N) is 1. The maximum absolute atomic E-state index is 10.1. The number of rotatable bonds is 3. The Morgan fingerprint density at radius 1 is 1.20 bits per heavy atom. The van der Waals surface area contributed by atoms with Gasteiger partial charge in [-0.3, -0.25) is 0 Å². The van der Waals surface area contributed by atoms with E-state index >= 15 is 0 Å². The quantitative estimate of drug-likeness (QED) is 0.866. The third-order valence-corrected chi connectivity index (χ3v) is 5.49. The highest BCUT2D eigenvalue weighted by atomic mass is 79.9. The van der Waals surface area contributed by atoms with E-state index in [1.165, 1.54) is 44.2 Å². The van der Waals surface area contributed by atoms with Crippen molar-refractivity contribution >= 4 is 21.6 Å². The second-order valence-corrected chi connectivity index (χ2v) is 7.24. The molecule has 2 atom stereocenters. The molecule has 2 aliphatic rings. The molecule has 110 valence electrons. The molecule has 1 aliphatic carbocycles. The van der Waals surface area contributed by atoms with Crippen molar-refractivity contribution in [3.8, 4) is 0 Å². The zero-order valence-electron chi connectivity index (χ0n) is 12.2. The van der Waals surface area contributed by atoms with Gasteiger partial charge in [0.2, 0.25) is 0 Å². The Labute approximate surface area is 130 Å². The molecule has 0 aromatic heterocycles. The zero-order valence-corrected chi connectivity index (χ0v) is 13.8. The molecule has 2 nitrogen and oxygen atoms in total. The predicted octanol–water partition coefficient (Wildman–Crippen LogP) is 4.66. The second-order valence-electron chi connectivity index (χ2n) is 6.33. The minimum absolute atomic E-state index is 0.400. The molecular weight excluding hydrogens is 314 g/mol. The van der Waals surface area contributed by atoms with Crippen LogP contribution in [0.1, 0.15) is 57.1 Å². The van der Waals surface area contributed by atoms with Gasteiger partial charge in [0.15, 0.2) is 0 Å². The number of aliphatic hydroxyl groups is 1. The Kier molecular flexibility index (Phi) is 4.37. The number of aliphatic hydroxyl groups excluding tert-OH is 1. The first-order chi connectivity index (χ1) is 9.66. The number of benzene rings is 1. The van der Waals surface area contributed by atoms with Gasteiger partial charge in [-0.25, -0.2) is 0 Å². The van der Waals surface area contributed by atoms with E-state index in [1.807, 2.05) is 13.0 Å². The number of hydrogen-bond acceptors (Lipinski definition) is 2. The summed E-state index contributed by atoms with van der Waals surface area (Å²) in [5, 5.41) is 10.1. The monoisotopic (exact) mass is 337 g/mol. The molecular formula is C17H24BrNO. The fourth-order valence-corrected chi connectivity index (χ4v) is 4.39. The minimum atomic E-state index is -0.400. The van der Waals surface area contributed by atoms with E-state index < -0.39 is 6.10 Å². The first-order valence-corrected chi connectivity index (χ1v) is 8.70. The number of anilines is 1. The molecule has 1 heterocycles. The van der Waals surface area contributed by atoms with Crippen LogP contribution >= 0.6 is 15.9 Å². The Morgan fingerprint density at radius 2 is 1.95 bits per heavy atom. The molecule has 1 N–H and O–H groups in total. The predicted molar refractivity (Wildman–Crippen MR) is 87.1 cm³/mol. The van der Waals surface area contributed by atoms with Crippen LogP contribution in [0.15, 0.2) is 22.7 Å². The van der Waals surface area contributed by atoms with E-state index in [0.717, 1.165) is 22.5 Å². The first kappa shape index (κ1) is 14.4. The van der Waals surface area contributed by atoms with Crippen molar-refractivity contribution in [3.63, 3.8) is 0 Å². The Bertz CT molecular complexity index is 468.